The fraction of sp³-hybridized carbons (Fsp3) is 0.188. The van der Waals surface area contributed by atoms with Gasteiger partial charge in [0.1, 0.15) is 5.75 Å². The quantitative estimate of drug-likeness (QED) is 0.674. The third-order valence-corrected chi connectivity index (χ3v) is 2.92. The molecular weight excluding hydrogens is 238 g/mol. The lowest BCUT2D eigenvalue weighted by Crippen LogP contribution is -2.13. The van der Waals surface area contributed by atoms with Crippen LogP contribution in [0.5, 0.6) is 5.75 Å². The Labute approximate surface area is 113 Å². The molecular formula is C16H17NO2. The van der Waals surface area contributed by atoms with E-state index in [4.69, 9.17) is 10.5 Å². The highest BCUT2D eigenvalue weighted by atomic mass is 16.5. The summed E-state index contributed by atoms with van der Waals surface area (Å²) in [7, 11) is 0. The third-order valence-electron chi connectivity index (χ3n) is 2.92. The summed E-state index contributed by atoms with van der Waals surface area (Å²) in [5.41, 5.74) is 9.02. The van der Waals surface area contributed by atoms with Crippen LogP contribution in [-0.2, 0) is 0 Å². The number of ketones is 1. The van der Waals surface area contributed by atoms with Crippen molar-refractivity contribution in [2.24, 2.45) is 0 Å². The summed E-state index contributed by atoms with van der Waals surface area (Å²) in [6.07, 6.45) is 0. The van der Waals surface area contributed by atoms with E-state index in [9.17, 15) is 4.79 Å². The minimum absolute atomic E-state index is 0.0216. The number of anilines is 1. The van der Waals surface area contributed by atoms with Crippen LogP contribution in [-0.4, -0.2) is 12.4 Å². The van der Waals surface area contributed by atoms with Gasteiger partial charge in [0.15, 0.2) is 12.4 Å². The molecule has 98 valence electrons. The standard InChI is InChI=1S/C16H17NO2/c1-11-6-7-12(2)15(8-11)16(18)10-19-14-5-3-4-13(17)9-14/h3-9H,10,17H2,1-2H3. The highest BCUT2D eigenvalue weighted by Gasteiger charge is 2.10. The second-order valence-corrected chi connectivity index (χ2v) is 4.60. The molecule has 0 amide bonds. The van der Waals surface area contributed by atoms with E-state index in [2.05, 4.69) is 0 Å². The first kappa shape index (κ1) is 13.1. The molecule has 0 unspecified atom stereocenters. The Bertz CT molecular complexity index is 605. The van der Waals surface area contributed by atoms with Crippen molar-refractivity contribution in [3.05, 3.63) is 59.2 Å². The van der Waals surface area contributed by atoms with Gasteiger partial charge in [-0.05, 0) is 37.6 Å². The number of rotatable bonds is 4. The maximum absolute atomic E-state index is 12.1. The predicted molar refractivity (Wildman–Crippen MR) is 76.6 cm³/mol. The number of benzene rings is 2. The molecule has 0 aliphatic rings. The van der Waals surface area contributed by atoms with E-state index >= 15 is 0 Å². The summed E-state index contributed by atoms with van der Waals surface area (Å²) in [5.74, 6) is 0.585. The largest absolute Gasteiger partial charge is 0.485 e. The smallest absolute Gasteiger partial charge is 0.200 e. The van der Waals surface area contributed by atoms with E-state index in [1.54, 1.807) is 24.3 Å². The number of carbonyl (C=O) groups excluding carboxylic acids is 1. The van der Waals surface area contributed by atoms with Crippen molar-refractivity contribution < 1.29 is 9.53 Å². The molecule has 2 aromatic carbocycles. The summed E-state index contributed by atoms with van der Waals surface area (Å²) < 4.78 is 5.47. The molecule has 0 spiro atoms. The fourth-order valence-corrected chi connectivity index (χ4v) is 1.87. The second kappa shape index (κ2) is 5.57. The number of aryl methyl sites for hydroxylation is 2. The van der Waals surface area contributed by atoms with Crippen molar-refractivity contribution in [1.29, 1.82) is 0 Å². The maximum atomic E-state index is 12.1. The van der Waals surface area contributed by atoms with Gasteiger partial charge < -0.3 is 10.5 Å². The molecule has 0 saturated heterocycles. The average Bonchev–Trinajstić information content (AvgIpc) is 2.39. The Kier molecular flexibility index (Phi) is 3.85. The molecule has 0 aliphatic heterocycles. The minimum atomic E-state index is -0.0244. The lowest BCUT2D eigenvalue weighted by atomic mass is 10.0. The number of hydrogen-bond acceptors (Lipinski definition) is 3. The Morgan fingerprint density at radius 3 is 2.68 bits per heavy atom. The Morgan fingerprint density at radius 1 is 1.16 bits per heavy atom. The van der Waals surface area contributed by atoms with Crippen molar-refractivity contribution in [2.75, 3.05) is 12.3 Å². The molecule has 0 aromatic heterocycles. The van der Waals surface area contributed by atoms with Crippen LogP contribution in [0.3, 0.4) is 0 Å². The van der Waals surface area contributed by atoms with Gasteiger partial charge in [0.25, 0.3) is 0 Å². The van der Waals surface area contributed by atoms with Crippen LogP contribution in [0.25, 0.3) is 0 Å². The van der Waals surface area contributed by atoms with Crippen LogP contribution < -0.4 is 10.5 Å². The molecule has 2 aromatic rings. The molecule has 2 N–H and O–H groups in total. The number of ether oxygens (including phenoxy) is 1. The molecule has 19 heavy (non-hydrogen) atoms. The first-order chi connectivity index (χ1) is 9.06. The fourth-order valence-electron chi connectivity index (χ4n) is 1.87. The summed E-state index contributed by atoms with van der Waals surface area (Å²) in [5, 5.41) is 0. The molecule has 0 aliphatic carbocycles. The van der Waals surface area contributed by atoms with E-state index in [1.165, 1.54) is 0 Å². The van der Waals surface area contributed by atoms with Crippen LogP contribution >= 0.6 is 0 Å². The normalized spacial score (nSPS) is 10.2. The van der Waals surface area contributed by atoms with Gasteiger partial charge >= 0.3 is 0 Å². The van der Waals surface area contributed by atoms with Gasteiger partial charge in [-0.2, -0.15) is 0 Å². The lowest BCUT2D eigenvalue weighted by molar-refractivity contribution is 0.0921. The highest BCUT2D eigenvalue weighted by Crippen LogP contribution is 2.16. The van der Waals surface area contributed by atoms with Crippen molar-refractivity contribution in [2.45, 2.75) is 13.8 Å². The van der Waals surface area contributed by atoms with Crippen molar-refractivity contribution in [1.82, 2.24) is 0 Å². The molecule has 0 atom stereocenters. The molecule has 3 nitrogen and oxygen atoms in total. The third kappa shape index (κ3) is 3.35. The van der Waals surface area contributed by atoms with Gasteiger partial charge in [0.05, 0.1) is 0 Å². The summed E-state index contributed by atoms with van der Waals surface area (Å²) in [6.45, 7) is 3.91. The first-order valence-corrected chi connectivity index (χ1v) is 6.15. The first-order valence-electron chi connectivity index (χ1n) is 6.15. The van der Waals surface area contributed by atoms with Gasteiger partial charge in [-0.1, -0.05) is 23.8 Å². The molecule has 0 fully saturated rings. The SMILES string of the molecule is Cc1ccc(C)c(C(=O)COc2cccc(N)c2)c1. The van der Waals surface area contributed by atoms with E-state index in [0.717, 1.165) is 11.1 Å². The highest BCUT2D eigenvalue weighted by molar-refractivity contribution is 5.98. The van der Waals surface area contributed by atoms with Gasteiger partial charge in [0, 0.05) is 17.3 Å². The predicted octanol–water partition coefficient (Wildman–Crippen LogP) is 3.15. The number of nitrogens with two attached hydrogens (primary N) is 1. The molecule has 0 bridgehead atoms. The second-order valence-electron chi connectivity index (χ2n) is 4.60. The molecule has 0 heterocycles. The average molecular weight is 255 g/mol. The van der Waals surface area contributed by atoms with Crippen molar-refractivity contribution in [3.63, 3.8) is 0 Å². The summed E-state index contributed by atoms with van der Waals surface area (Å²) in [4.78, 5) is 12.1. The zero-order chi connectivity index (χ0) is 13.8. The van der Waals surface area contributed by atoms with Crippen LogP contribution in [0.1, 0.15) is 21.5 Å². The zero-order valence-corrected chi connectivity index (χ0v) is 11.1. The minimum Gasteiger partial charge on any atom is -0.485 e. The molecule has 0 saturated carbocycles. The van der Waals surface area contributed by atoms with Crippen molar-refractivity contribution >= 4 is 11.5 Å². The summed E-state index contributed by atoms with van der Waals surface area (Å²) in [6, 6.07) is 12.9. The van der Waals surface area contributed by atoms with Gasteiger partial charge in [0.2, 0.25) is 0 Å². The van der Waals surface area contributed by atoms with Crippen molar-refractivity contribution in [3.8, 4) is 5.75 Å². The van der Waals surface area contributed by atoms with E-state index in [-0.39, 0.29) is 12.4 Å². The Hall–Kier alpha value is -2.29. The number of Topliss-reactive ketones (excluding diaryl/α,β-unsaturated/α-hetero) is 1. The van der Waals surface area contributed by atoms with Crippen LogP contribution in [0.15, 0.2) is 42.5 Å². The maximum Gasteiger partial charge on any atom is 0.200 e. The van der Waals surface area contributed by atoms with E-state index in [0.29, 0.717) is 17.0 Å². The van der Waals surface area contributed by atoms with Crippen LogP contribution in [0, 0.1) is 13.8 Å². The van der Waals surface area contributed by atoms with Crippen LogP contribution in [0.4, 0.5) is 5.69 Å². The monoisotopic (exact) mass is 255 g/mol. The van der Waals surface area contributed by atoms with E-state index in [1.807, 2.05) is 32.0 Å². The number of carbonyl (C=O) groups is 1. The van der Waals surface area contributed by atoms with E-state index < -0.39 is 0 Å². The number of hydrogen-bond donors (Lipinski definition) is 1. The number of nitrogen functional groups attached to an aromatic ring is 1. The molecule has 0 radical (unpaired) electrons. The van der Waals surface area contributed by atoms with Crippen LogP contribution in [0.2, 0.25) is 0 Å². The summed E-state index contributed by atoms with van der Waals surface area (Å²) >= 11 is 0. The topological polar surface area (TPSA) is 52.3 Å². The van der Waals surface area contributed by atoms with Gasteiger partial charge in [-0.25, -0.2) is 0 Å². The van der Waals surface area contributed by atoms with Gasteiger partial charge in [-0.15, -0.1) is 0 Å². The zero-order valence-electron chi connectivity index (χ0n) is 11.1. The molecule has 3 heteroatoms. The van der Waals surface area contributed by atoms with Gasteiger partial charge in [-0.3, -0.25) is 4.79 Å². The molecule has 2 rings (SSSR count). The lowest BCUT2D eigenvalue weighted by Gasteiger charge is -2.08. The Morgan fingerprint density at radius 2 is 1.95 bits per heavy atom. The Balaban J connectivity index is 2.07.